The summed E-state index contributed by atoms with van der Waals surface area (Å²) in [4.78, 5) is 21.3. The molecule has 8 heteroatoms. The van der Waals surface area contributed by atoms with E-state index in [2.05, 4.69) is 32.7 Å². The first kappa shape index (κ1) is 24.7. The number of amides is 1. The zero-order valence-corrected chi connectivity index (χ0v) is 20.6. The first-order valence-corrected chi connectivity index (χ1v) is 10.9. The largest absolute Gasteiger partial charge is 0.497 e. The number of guanidine groups is 1. The molecule has 1 aromatic carbocycles. The minimum atomic E-state index is 0. The molecule has 1 aromatic rings. The zero-order chi connectivity index (χ0) is 20.5. The Morgan fingerprint density at radius 2 is 1.70 bits per heavy atom. The lowest BCUT2D eigenvalue weighted by Crippen LogP contribution is -2.43. The van der Waals surface area contributed by atoms with Crippen LogP contribution in [-0.2, 0) is 4.79 Å². The minimum absolute atomic E-state index is 0. The topological polar surface area (TPSA) is 69.2 Å². The van der Waals surface area contributed by atoms with Crippen LogP contribution in [0.1, 0.15) is 44.2 Å². The van der Waals surface area contributed by atoms with Crippen LogP contribution < -0.4 is 15.4 Å². The molecule has 2 heterocycles. The summed E-state index contributed by atoms with van der Waals surface area (Å²) in [6.45, 7) is 7.71. The van der Waals surface area contributed by atoms with Crippen LogP contribution >= 0.6 is 24.0 Å². The van der Waals surface area contributed by atoms with E-state index in [1.165, 1.54) is 18.4 Å². The van der Waals surface area contributed by atoms with Gasteiger partial charge in [-0.25, -0.2) is 4.99 Å². The van der Waals surface area contributed by atoms with Crippen molar-refractivity contribution in [3.63, 3.8) is 0 Å². The van der Waals surface area contributed by atoms with Gasteiger partial charge in [-0.1, -0.05) is 12.1 Å². The molecule has 30 heavy (non-hydrogen) atoms. The van der Waals surface area contributed by atoms with Crippen molar-refractivity contribution in [3.05, 3.63) is 29.8 Å². The predicted molar refractivity (Wildman–Crippen MR) is 132 cm³/mol. The highest BCUT2D eigenvalue weighted by molar-refractivity contribution is 14.0. The number of aliphatic imine (C=N–C) groups is 1. The first-order chi connectivity index (χ1) is 14.2. The molecule has 0 bridgehead atoms. The van der Waals surface area contributed by atoms with Gasteiger partial charge in [-0.15, -0.1) is 24.0 Å². The third-order valence-electron chi connectivity index (χ3n) is 5.72. The second kappa shape index (κ2) is 13.0. The maximum Gasteiger partial charge on any atom is 0.244 e. The van der Waals surface area contributed by atoms with Crippen LogP contribution in [0.5, 0.6) is 5.75 Å². The van der Waals surface area contributed by atoms with Crippen LogP contribution in [0, 0.1) is 0 Å². The van der Waals surface area contributed by atoms with E-state index in [0.29, 0.717) is 5.96 Å². The van der Waals surface area contributed by atoms with Crippen molar-refractivity contribution in [1.29, 1.82) is 0 Å². The van der Waals surface area contributed by atoms with E-state index in [0.717, 1.165) is 57.9 Å². The average Bonchev–Trinajstić information content (AvgIpc) is 3.46. The fraction of sp³-hybridized carbons (Fsp3) is 0.636. The zero-order valence-electron chi connectivity index (χ0n) is 18.2. The Labute approximate surface area is 197 Å². The Hall–Kier alpha value is -1.55. The molecule has 1 unspecified atom stereocenters. The number of ether oxygens (including phenoxy) is 1. The molecule has 2 saturated heterocycles. The fourth-order valence-corrected chi connectivity index (χ4v) is 4.09. The van der Waals surface area contributed by atoms with Gasteiger partial charge < -0.3 is 20.3 Å². The summed E-state index contributed by atoms with van der Waals surface area (Å²) in [5.74, 6) is 1.70. The van der Waals surface area contributed by atoms with Crippen molar-refractivity contribution in [3.8, 4) is 5.75 Å². The third kappa shape index (κ3) is 7.01. The molecular weight excluding hydrogens is 493 g/mol. The summed E-state index contributed by atoms with van der Waals surface area (Å²) in [5.41, 5.74) is 1.27. The molecule has 0 radical (unpaired) electrons. The number of benzene rings is 1. The van der Waals surface area contributed by atoms with Crippen LogP contribution in [0.3, 0.4) is 0 Å². The Morgan fingerprint density at radius 3 is 2.30 bits per heavy atom. The SMILES string of the molecule is CCNC(=NCC(=O)N1CCCC1)NCC(c1ccc(OC)cc1)N1CCCC1.I. The van der Waals surface area contributed by atoms with Crippen LogP contribution in [-0.4, -0.2) is 74.6 Å². The number of rotatable bonds is 8. The molecule has 0 aromatic heterocycles. The number of carbonyl (C=O) groups is 1. The molecule has 2 N–H and O–H groups in total. The van der Waals surface area contributed by atoms with Gasteiger partial charge >= 0.3 is 0 Å². The summed E-state index contributed by atoms with van der Waals surface area (Å²) < 4.78 is 5.31. The minimum Gasteiger partial charge on any atom is -0.497 e. The lowest BCUT2D eigenvalue weighted by Gasteiger charge is -2.29. The number of hydrogen-bond acceptors (Lipinski definition) is 4. The van der Waals surface area contributed by atoms with Gasteiger partial charge in [-0.05, 0) is 63.4 Å². The van der Waals surface area contributed by atoms with Gasteiger partial charge in [0.05, 0.1) is 13.2 Å². The van der Waals surface area contributed by atoms with Crippen LogP contribution in [0.15, 0.2) is 29.3 Å². The molecule has 7 nitrogen and oxygen atoms in total. The van der Waals surface area contributed by atoms with E-state index < -0.39 is 0 Å². The fourth-order valence-electron chi connectivity index (χ4n) is 4.09. The van der Waals surface area contributed by atoms with Gasteiger partial charge in [0.25, 0.3) is 0 Å². The number of likely N-dealkylation sites (tertiary alicyclic amines) is 2. The molecule has 3 rings (SSSR count). The van der Waals surface area contributed by atoms with Crippen LogP contribution in [0.2, 0.25) is 0 Å². The highest BCUT2D eigenvalue weighted by Gasteiger charge is 2.24. The first-order valence-electron chi connectivity index (χ1n) is 10.9. The molecule has 0 saturated carbocycles. The van der Waals surface area contributed by atoms with Crippen molar-refractivity contribution >= 4 is 35.8 Å². The molecule has 2 aliphatic rings. The average molecular weight is 529 g/mol. The van der Waals surface area contributed by atoms with E-state index in [1.54, 1.807) is 7.11 Å². The number of methoxy groups -OCH3 is 1. The van der Waals surface area contributed by atoms with Gasteiger partial charge in [0.2, 0.25) is 5.91 Å². The summed E-state index contributed by atoms with van der Waals surface area (Å²) in [5, 5.41) is 6.74. The van der Waals surface area contributed by atoms with Gasteiger partial charge in [0.1, 0.15) is 12.3 Å². The van der Waals surface area contributed by atoms with Gasteiger partial charge in [-0.2, -0.15) is 0 Å². The van der Waals surface area contributed by atoms with Crippen molar-refractivity contribution in [1.82, 2.24) is 20.4 Å². The molecule has 168 valence electrons. The van der Waals surface area contributed by atoms with E-state index >= 15 is 0 Å². The second-order valence-corrected chi connectivity index (χ2v) is 7.70. The number of carbonyl (C=O) groups excluding carboxylic acids is 1. The number of nitrogens with zero attached hydrogens (tertiary/aromatic N) is 3. The Kier molecular flexibility index (Phi) is 10.7. The quantitative estimate of drug-likeness (QED) is 0.308. The van der Waals surface area contributed by atoms with E-state index in [1.807, 2.05) is 24.0 Å². The number of halogens is 1. The molecule has 0 spiro atoms. The highest BCUT2D eigenvalue weighted by Crippen LogP contribution is 2.26. The Balaban J connectivity index is 0.00000320. The molecule has 2 aliphatic heterocycles. The maximum absolute atomic E-state index is 12.3. The summed E-state index contributed by atoms with van der Waals surface area (Å²) in [7, 11) is 1.69. The van der Waals surface area contributed by atoms with Crippen molar-refractivity contribution in [2.45, 2.75) is 38.6 Å². The van der Waals surface area contributed by atoms with Crippen LogP contribution in [0.4, 0.5) is 0 Å². The molecule has 1 atom stereocenters. The van der Waals surface area contributed by atoms with Gasteiger partial charge in [0, 0.05) is 26.2 Å². The standard InChI is InChI=1S/C22H35N5O2.HI/c1-3-23-22(25-17-21(28)27-14-6-7-15-27)24-16-20(26-12-4-5-13-26)18-8-10-19(29-2)11-9-18;/h8-11,20H,3-7,12-17H2,1-2H3,(H2,23,24,25);1H. The van der Waals surface area contributed by atoms with E-state index in [4.69, 9.17) is 4.74 Å². The molecular formula is C22H36IN5O2. The van der Waals surface area contributed by atoms with Gasteiger partial charge in [-0.3, -0.25) is 9.69 Å². The number of hydrogen-bond donors (Lipinski definition) is 2. The summed E-state index contributed by atoms with van der Waals surface area (Å²) in [6.07, 6.45) is 4.69. The number of nitrogens with one attached hydrogen (secondary N) is 2. The molecule has 1 amide bonds. The molecule has 2 fully saturated rings. The van der Waals surface area contributed by atoms with Crippen LogP contribution in [0.25, 0.3) is 0 Å². The predicted octanol–water partition coefficient (Wildman–Crippen LogP) is 2.63. The van der Waals surface area contributed by atoms with Crippen molar-refractivity contribution in [2.24, 2.45) is 4.99 Å². The molecule has 0 aliphatic carbocycles. The smallest absolute Gasteiger partial charge is 0.244 e. The lowest BCUT2D eigenvalue weighted by atomic mass is 10.1. The second-order valence-electron chi connectivity index (χ2n) is 7.70. The van der Waals surface area contributed by atoms with Gasteiger partial charge in [0.15, 0.2) is 5.96 Å². The lowest BCUT2D eigenvalue weighted by molar-refractivity contribution is -0.128. The monoisotopic (exact) mass is 529 g/mol. The summed E-state index contributed by atoms with van der Waals surface area (Å²) in [6, 6.07) is 8.59. The maximum atomic E-state index is 12.3. The Morgan fingerprint density at radius 1 is 1.07 bits per heavy atom. The van der Waals surface area contributed by atoms with E-state index in [9.17, 15) is 4.79 Å². The normalized spacial score (nSPS) is 18.1. The highest BCUT2D eigenvalue weighted by atomic mass is 127. The van der Waals surface area contributed by atoms with Crippen molar-refractivity contribution in [2.75, 3.05) is 52.9 Å². The van der Waals surface area contributed by atoms with E-state index in [-0.39, 0.29) is 42.5 Å². The van der Waals surface area contributed by atoms with Crippen molar-refractivity contribution < 1.29 is 9.53 Å². The summed E-state index contributed by atoms with van der Waals surface area (Å²) >= 11 is 0. The Bertz CT molecular complexity index is 671. The third-order valence-corrected chi connectivity index (χ3v) is 5.72.